The molecule has 122 valence electrons. The first-order valence-electron chi connectivity index (χ1n) is 7.73. The quantitative estimate of drug-likeness (QED) is 0.875. The Morgan fingerprint density at radius 3 is 2.55 bits per heavy atom. The van der Waals surface area contributed by atoms with Gasteiger partial charge in [-0.2, -0.15) is 0 Å². The number of carbonyl (C=O) groups excluding carboxylic acids is 1. The molecular formula is C17H25ClN2O2. The number of nitrogens with two attached hydrogens (primary N) is 1. The van der Waals surface area contributed by atoms with Crippen molar-refractivity contribution >= 4 is 17.5 Å². The van der Waals surface area contributed by atoms with Crippen molar-refractivity contribution in [3.8, 4) is 0 Å². The minimum absolute atomic E-state index is 0.0610. The second-order valence-electron chi connectivity index (χ2n) is 6.32. The molecule has 1 aliphatic heterocycles. The maximum Gasteiger partial charge on any atom is 0.225 e. The molecule has 4 nitrogen and oxygen atoms in total. The molecule has 1 saturated heterocycles. The number of hydrogen-bond acceptors (Lipinski definition) is 3. The van der Waals surface area contributed by atoms with E-state index in [1.165, 1.54) is 11.1 Å². The van der Waals surface area contributed by atoms with Crippen molar-refractivity contribution in [2.24, 2.45) is 11.1 Å². The van der Waals surface area contributed by atoms with Crippen LogP contribution in [0.2, 0.25) is 5.02 Å². The Hall–Kier alpha value is -1.10. The number of amides is 1. The molecular weight excluding hydrogens is 300 g/mol. The summed E-state index contributed by atoms with van der Waals surface area (Å²) < 4.78 is 5.36. The second-order valence-corrected chi connectivity index (χ2v) is 6.72. The molecule has 1 heterocycles. The molecule has 1 aromatic rings. The number of ether oxygens (including phenoxy) is 1. The van der Waals surface area contributed by atoms with Crippen LogP contribution in [0.5, 0.6) is 0 Å². The zero-order valence-electron chi connectivity index (χ0n) is 13.5. The number of hydrogen-bond donors (Lipinski definition) is 2. The zero-order valence-corrected chi connectivity index (χ0v) is 14.3. The van der Waals surface area contributed by atoms with Gasteiger partial charge in [-0.3, -0.25) is 4.79 Å². The van der Waals surface area contributed by atoms with E-state index >= 15 is 0 Å². The molecule has 5 heteroatoms. The highest BCUT2D eigenvalue weighted by atomic mass is 35.5. The molecule has 0 saturated carbocycles. The van der Waals surface area contributed by atoms with Crippen LogP contribution >= 0.6 is 11.6 Å². The summed E-state index contributed by atoms with van der Waals surface area (Å²) in [5.41, 5.74) is 8.57. The number of benzene rings is 1. The van der Waals surface area contributed by atoms with Gasteiger partial charge in [0.05, 0.1) is 5.41 Å². The van der Waals surface area contributed by atoms with Gasteiger partial charge in [0.2, 0.25) is 5.91 Å². The van der Waals surface area contributed by atoms with Crippen LogP contribution in [-0.2, 0) is 9.53 Å². The van der Waals surface area contributed by atoms with E-state index in [9.17, 15) is 4.79 Å². The standard InChI is InChI=1S/C17H25ClN2O2/c1-11-8-14(15(18)9-12(11)2)13(3)20-10-17(16(19)21)4-6-22-7-5-17/h8-9,13,20H,4-7,10H2,1-3H3,(H2,19,21)/t13-/m1/s1. The summed E-state index contributed by atoms with van der Waals surface area (Å²) in [6.45, 7) is 7.91. The van der Waals surface area contributed by atoms with Gasteiger partial charge in [-0.15, -0.1) is 0 Å². The Kier molecular flexibility index (Phi) is 5.48. The normalized spacial score (nSPS) is 18.9. The maximum atomic E-state index is 11.9. The maximum absolute atomic E-state index is 11.9. The summed E-state index contributed by atoms with van der Waals surface area (Å²) >= 11 is 6.36. The Labute approximate surface area is 137 Å². The van der Waals surface area contributed by atoms with E-state index in [1.807, 2.05) is 13.0 Å². The van der Waals surface area contributed by atoms with E-state index in [2.05, 4.69) is 25.2 Å². The lowest BCUT2D eigenvalue weighted by Gasteiger charge is -2.35. The van der Waals surface area contributed by atoms with Crippen molar-refractivity contribution in [1.29, 1.82) is 0 Å². The molecule has 0 bridgehead atoms. The number of primary amides is 1. The highest BCUT2D eigenvalue weighted by Crippen LogP contribution is 2.31. The fourth-order valence-corrected chi connectivity index (χ4v) is 3.25. The Morgan fingerprint density at radius 1 is 1.36 bits per heavy atom. The molecule has 2 rings (SSSR count). The second kappa shape index (κ2) is 6.99. The van der Waals surface area contributed by atoms with E-state index in [0.717, 1.165) is 10.6 Å². The van der Waals surface area contributed by atoms with Gasteiger partial charge < -0.3 is 15.8 Å². The van der Waals surface area contributed by atoms with Gasteiger partial charge in [-0.05, 0) is 56.4 Å². The van der Waals surface area contributed by atoms with Gasteiger partial charge in [-0.1, -0.05) is 17.7 Å². The molecule has 1 atom stereocenters. The third kappa shape index (κ3) is 3.62. The van der Waals surface area contributed by atoms with Crippen molar-refractivity contribution < 1.29 is 9.53 Å². The van der Waals surface area contributed by atoms with Crippen LogP contribution in [0.3, 0.4) is 0 Å². The van der Waals surface area contributed by atoms with Crippen LogP contribution in [0, 0.1) is 19.3 Å². The third-order valence-corrected chi connectivity index (χ3v) is 5.13. The molecule has 0 unspecified atom stereocenters. The van der Waals surface area contributed by atoms with Crippen LogP contribution in [-0.4, -0.2) is 25.7 Å². The first kappa shape index (κ1) is 17.3. The monoisotopic (exact) mass is 324 g/mol. The van der Waals surface area contributed by atoms with E-state index in [-0.39, 0.29) is 11.9 Å². The predicted octanol–water partition coefficient (Wildman–Crippen LogP) is 2.89. The lowest BCUT2D eigenvalue weighted by Crippen LogP contribution is -2.48. The van der Waals surface area contributed by atoms with Crippen molar-refractivity contribution in [2.75, 3.05) is 19.8 Å². The number of halogens is 1. The highest BCUT2D eigenvalue weighted by Gasteiger charge is 2.38. The predicted molar refractivity (Wildman–Crippen MR) is 89.0 cm³/mol. The van der Waals surface area contributed by atoms with Crippen LogP contribution in [0.1, 0.15) is 42.5 Å². The lowest BCUT2D eigenvalue weighted by atomic mass is 9.79. The summed E-state index contributed by atoms with van der Waals surface area (Å²) in [5.74, 6) is -0.248. The van der Waals surface area contributed by atoms with E-state index in [4.69, 9.17) is 22.1 Å². The molecule has 1 amide bonds. The topological polar surface area (TPSA) is 64.3 Å². The van der Waals surface area contributed by atoms with Crippen molar-refractivity contribution in [3.63, 3.8) is 0 Å². The highest BCUT2D eigenvalue weighted by molar-refractivity contribution is 6.31. The molecule has 22 heavy (non-hydrogen) atoms. The number of rotatable bonds is 5. The van der Waals surface area contributed by atoms with E-state index in [1.54, 1.807) is 0 Å². The van der Waals surface area contributed by atoms with E-state index < -0.39 is 5.41 Å². The number of nitrogens with one attached hydrogen (secondary N) is 1. The average Bonchev–Trinajstić information content (AvgIpc) is 2.49. The van der Waals surface area contributed by atoms with Gasteiger partial charge in [0, 0.05) is 30.8 Å². The van der Waals surface area contributed by atoms with Crippen molar-refractivity contribution in [3.05, 3.63) is 33.8 Å². The molecule has 1 aliphatic rings. The Bertz CT molecular complexity index is 554. The molecule has 0 spiro atoms. The van der Waals surface area contributed by atoms with E-state index in [0.29, 0.717) is 32.6 Å². The largest absolute Gasteiger partial charge is 0.381 e. The summed E-state index contributed by atoms with van der Waals surface area (Å²) in [4.78, 5) is 11.9. The fraction of sp³-hybridized carbons (Fsp3) is 0.588. The first-order chi connectivity index (χ1) is 10.4. The smallest absolute Gasteiger partial charge is 0.225 e. The molecule has 1 aromatic carbocycles. The van der Waals surface area contributed by atoms with Crippen LogP contribution in [0.15, 0.2) is 12.1 Å². The van der Waals surface area contributed by atoms with Crippen molar-refractivity contribution in [2.45, 2.75) is 39.7 Å². The van der Waals surface area contributed by atoms with Gasteiger partial charge in [0.1, 0.15) is 0 Å². The first-order valence-corrected chi connectivity index (χ1v) is 8.11. The van der Waals surface area contributed by atoms with Crippen molar-refractivity contribution in [1.82, 2.24) is 5.32 Å². The molecule has 0 aromatic heterocycles. The summed E-state index contributed by atoms with van der Waals surface area (Å²) in [5, 5.41) is 4.19. The van der Waals surface area contributed by atoms with Gasteiger partial charge in [0.15, 0.2) is 0 Å². The lowest BCUT2D eigenvalue weighted by molar-refractivity contribution is -0.133. The summed E-state index contributed by atoms with van der Waals surface area (Å²) in [6.07, 6.45) is 1.34. The SMILES string of the molecule is Cc1cc(Cl)c([C@@H](C)NCC2(C(N)=O)CCOCC2)cc1C. The number of aryl methyl sites for hydroxylation is 2. The summed E-state index contributed by atoms with van der Waals surface area (Å²) in [6, 6.07) is 4.16. The van der Waals surface area contributed by atoms with Crippen LogP contribution < -0.4 is 11.1 Å². The number of carbonyl (C=O) groups is 1. The minimum Gasteiger partial charge on any atom is -0.381 e. The van der Waals surface area contributed by atoms with Gasteiger partial charge >= 0.3 is 0 Å². The Morgan fingerprint density at radius 2 is 1.95 bits per heavy atom. The summed E-state index contributed by atoms with van der Waals surface area (Å²) in [7, 11) is 0. The minimum atomic E-state index is -0.515. The Balaban J connectivity index is 2.10. The fourth-order valence-electron chi connectivity index (χ4n) is 2.87. The molecule has 0 radical (unpaired) electrons. The zero-order chi connectivity index (χ0) is 16.3. The molecule has 1 fully saturated rings. The van der Waals surface area contributed by atoms with Crippen LogP contribution in [0.25, 0.3) is 0 Å². The van der Waals surface area contributed by atoms with Gasteiger partial charge in [-0.25, -0.2) is 0 Å². The molecule has 0 aliphatic carbocycles. The van der Waals surface area contributed by atoms with Gasteiger partial charge in [0.25, 0.3) is 0 Å². The molecule has 3 N–H and O–H groups in total. The average molecular weight is 325 g/mol. The third-order valence-electron chi connectivity index (χ3n) is 4.80. The van der Waals surface area contributed by atoms with Crippen LogP contribution in [0.4, 0.5) is 0 Å².